The Morgan fingerprint density at radius 3 is 2.70 bits per heavy atom. The summed E-state index contributed by atoms with van der Waals surface area (Å²) >= 11 is 0. The Morgan fingerprint density at radius 2 is 2.10 bits per heavy atom. The molecule has 0 bridgehead atoms. The van der Waals surface area contributed by atoms with Gasteiger partial charge in [-0.15, -0.1) is 0 Å². The maximum atomic E-state index is 11.4. The zero-order valence-corrected chi connectivity index (χ0v) is 11.4. The van der Waals surface area contributed by atoms with Crippen molar-refractivity contribution in [3.8, 4) is 11.5 Å². The van der Waals surface area contributed by atoms with Gasteiger partial charge in [0.05, 0.1) is 19.8 Å². The summed E-state index contributed by atoms with van der Waals surface area (Å²) in [7, 11) is 2.80. The molecule has 2 aromatic rings. The average molecular weight is 278 g/mol. The van der Waals surface area contributed by atoms with Gasteiger partial charge in [-0.2, -0.15) is 4.98 Å². The van der Waals surface area contributed by atoms with Crippen molar-refractivity contribution in [3.05, 3.63) is 35.5 Å². The van der Waals surface area contributed by atoms with Crippen LogP contribution in [0.3, 0.4) is 0 Å². The molecule has 0 saturated heterocycles. The molecule has 0 fully saturated rings. The number of benzene rings is 1. The van der Waals surface area contributed by atoms with Crippen LogP contribution in [0.2, 0.25) is 0 Å². The van der Waals surface area contributed by atoms with Crippen molar-refractivity contribution in [1.82, 2.24) is 10.1 Å². The number of rotatable bonds is 5. The quantitative estimate of drug-likeness (QED) is 0.770. The van der Waals surface area contributed by atoms with Gasteiger partial charge in [0.25, 0.3) is 5.89 Å². The van der Waals surface area contributed by atoms with Crippen molar-refractivity contribution in [3.63, 3.8) is 0 Å². The number of carbonyl (C=O) groups excluding carboxylic acids is 1. The highest BCUT2D eigenvalue weighted by Gasteiger charge is 2.12. The van der Waals surface area contributed by atoms with Crippen molar-refractivity contribution < 1.29 is 23.5 Å². The van der Waals surface area contributed by atoms with Gasteiger partial charge in [-0.1, -0.05) is 5.16 Å². The van der Waals surface area contributed by atoms with Crippen LogP contribution < -0.4 is 9.47 Å². The van der Waals surface area contributed by atoms with Crippen LogP contribution in [0.5, 0.6) is 11.5 Å². The number of aromatic nitrogens is 2. The van der Waals surface area contributed by atoms with E-state index in [1.807, 2.05) is 0 Å². The van der Waals surface area contributed by atoms with Crippen molar-refractivity contribution in [2.45, 2.75) is 13.5 Å². The van der Waals surface area contributed by atoms with Crippen molar-refractivity contribution in [2.75, 3.05) is 14.2 Å². The van der Waals surface area contributed by atoms with Crippen LogP contribution in [0, 0.1) is 6.92 Å². The predicted molar refractivity (Wildman–Crippen MR) is 67.7 cm³/mol. The summed E-state index contributed by atoms with van der Waals surface area (Å²) in [6.45, 7) is 1.84. The Kier molecular flexibility index (Phi) is 4.19. The second-order valence-corrected chi connectivity index (χ2v) is 3.88. The molecule has 0 aliphatic carbocycles. The van der Waals surface area contributed by atoms with Gasteiger partial charge >= 0.3 is 5.97 Å². The molecule has 0 saturated carbocycles. The predicted octanol–water partition coefficient (Wildman–Crippen LogP) is 1.75. The van der Waals surface area contributed by atoms with Crippen LogP contribution in [0.4, 0.5) is 0 Å². The lowest BCUT2D eigenvalue weighted by atomic mass is 10.2. The molecule has 1 aromatic heterocycles. The smallest absolute Gasteiger partial charge is 0.337 e. The monoisotopic (exact) mass is 278 g/mol. The Bertz CT molecular complexity index is 609. The third kappa shape index (κ3) is 3.05. The molecule has 0 aliphatic rings. The molecule has 20 heavy (non-hydrogen) atoms. The molecule has 1 heterocycles. The van der Waals surface area contributed by atoms with Crippen LogP contribution in [0.15, 0.2) is 22.7 Å². The minimum absolute atomic E-state index is 0.120. The Balaban J connectivity index is 2.13. The normalized spacial score (nSPS) is 10.2. The highest BCUT2D eigenvalue weighted by atomic mass is 16.5. The van der Waals surface area contributed by atoms with E-state index < -0.39 is 5.97 Å². The number of carbonyl (C=O) groups is 1. The minimum Gasteiger partial charge on any atom is -0.493 e. The molecule has 106 valence electrons. The first-order valence-electron chi connectivity index (χ1n) is 5.82. The molecule has 0 aliphatic heterocycles. The summed E-state index contributed by atoms with van der Waals surface area (Å²) in [5.41, 5.74) is 0.380. The third-order valence-corrected chi connectivity index (χ3v) is 2.51. The third-order valence-electron chi connectivity index (χ3n) is 2.51. The van der Waals surface area contributed by atoms with Crippen molar-refractivity contribution >= 4 is 5.97 Å². The standard InChI is InChI=1S/C13H14N2O5/c1-8-14-12(20-15-8)7-19-10-5-4-9(13(16)18-3)6-11(10)17-2/h4-6H,7H2,1-3H3. The molecule has 0 spiro atoms. The zero-order valence-electron chi connectivity index (χ0n) is 11.4. The molecule has 0 radical (unpaired) electrons. The van der Waals surface area contributed by atoms with E-state index in [0.717, 1.165) is 0 Å². The fraction of sp³-hybridized carbons (Fsp3) is 0.308. The summed E-state index contributed by atoms with van der Waals surface area (Å²) < 4.78 is 20.3. The van der Waals surface area contributed by atoms with Crippen molar-refractivity contribution in [1.29, 1.82) is 0 Å². The molecule has 7 nitrogen and oxygen atoms in total. The first kappa shape index (κ1) is 13.9. The van der Waals surface area contributed by atoms with Gasteiger partial charge in [0.1, 0.15) is 0 Å². The van der Waals surface area contributed by atoms with Gasteiger partial charge in [-0.05, 0) is 25.1 Å². The lowest BCUT2D eigenvalue weighted by molar-refractivity contribution is 0.0600. The van der Waals surface area contributed by atoms with Crippen molar-refractivity contribution in [2.24, 2.45) is 0 Å². The Hall–Kier alpha value is -2.57. The van der Waals surface area contributed by atoms with Crippen LogP contribution in [-0.4, -0.2) is 30.3 Å². The highest BCUT2D eigenvalue weighted by molar-refractivity contribution is 5.90. The second-order valence-electron chi connectivity index (χ2n) is 3.88. The number of ether oxygens (including phenoxy) is 3. The molecule has 0 N–H and O–H groups in total. The fourth-order valence-corrected chi connectivity index (χ4v) is 1.57. The van der Waals surface area contributed by atoms with E-state index in [9.17, 15) is 4.79 Å². The van der Waals surface area contributed by atoms with Crippen LogP contribution in [0.1, 0.15) is 22.1 Å². The molecular formula is C13H14N2O5. The number of nitrogens with zero attached hydrogens (tertiary/aromatic N) is 2. The number of hydrogen-bond donors (Lipinski definition) is 0. The summed E-state index contributed by atoms with van der Waals surface area (Å²) in [5.74, 6) is 1.35. The molecule has 0 atom stereocenters. The van der Waals surface area contributed by atoms with Crippen LogP contribution >= 0.6 is 0 Å². The van der Waals surface area contributed by atoms with Crippen LogP contribution in [0.25, 0.3) is 0 Å². The lowest BCUT2D eigenvalue weighted by Gasteiger charge is -2.10. The van der Waals surface area contributed by atoms with Gasteiger partial charge in [0.2, 0.25) is 0 Å². The summed E-state index contributed by atoms with van der Waals surface area (Å²) in [4.78, 5) is 15.4. The Morgan fingerprint density at radius 1 is 1.30 bits per heavy atom. The summed E-state index contributed by atoms with van der Waals surface area (Å²) in [5, 5.41) is 3.66. The lowest BCUT2D eigenvalue weighted by Crippen LogP contribution is -2.03. The van der Waals surface area contributed by atoms with E-state index in [4.69, 9.17) is 14.0 Å². The molecule has 1 aromatic carbocycles. The van der Waals surface area contributed by atoms with E-state index in [1.165, 1.54) is 14.2 Å². The molecule has 0 unspecified atom stereocenters. The van der Waals surface area contributed by atoms with E-state index >= 15 is 0 Å². The largest absolute Gasteiger partial charge is 0.493 e. The summed E-state index contributed by atoms with van der Waals surface area (Å²) in [6.07, 6.45) is 0. The fourth-order valence-electron chi connectivity index (χ4n) is 1.57. The maximum absolute atomic E-state index is 11.4. The molecule has 2 rings (SSSR count). The van der Waals surface area contributed by atoms with Gasteiger partial charge in [0.15, 0.2) is 23.9 Å². The van der Waals surface area contributed by atoms with E-state index in [0.29, 0.717) is 28.8 Å². The number of aryl methyl sites for hydroxylation is 1. The van der Waals surface area contributed by atoms with Gasteiger partial charge in [0, 0.05) is 0 Å². The first-order chi connectivity index (χ1) is 9.63. The van der Waals surface area contributed by atoms with E-state index in [-0.39, 0.29) is 6.61 Å². The number of hydrogen-bond acceptors (Lipinski definition) is 7. The van der Waals surface area contributed by atoms with Gasteiger partial charge < -0.3 is 18.7 Å². The second kappa shape index (κ2) is 6.05. The van der Waals surface area contributed by atoms with Crippen LogP contribution in [-0.2, 0) is 11.3 Å². The molecular weight excluding hydrogens is 264 g/mol. The molecule has 7 heteroatoms. The van der Waals surface area contributed by atoms with Gasteiger partial charge in [-0.25, -0.2) is 4.79 Å². The first-order valence-corrected chi connectivity index (χ1v) is 5.82. The maximum Gasteiger partial charge on any atom is 0.337 e. The minimum atomic E-state index is -0.442. The summed E-state index contributed by atoms with van der Waals surface area (Å²) in [6, 6.07) is 4.75. The number of methoxy groups -OCH3 is 2. The van der Waals surface area contributed by atoms with E-state index in [1.54, 1.807) is 25.1 Å². The SMILES string of the molecule is COC(=O)c1ccc(OCc2nc(C)no2)c(OC)c1. The van der Waals surface area contributed by atoms with Gasteiger partial charge in [-0.3, -0.25) is 0 Å². The number of esters is 1. The zero-order chi connectivity index (χ0) is 14.5. The molecule has 0 amide bonds. The average Bonchev–Trinajstić information content (AvgIpc) is 2.89. The highest BCUT2D eigenvalue weighted by Crippen LogP contribution is 2.28. The Labute approximate surface area is 115 Å². The topological polar surface area (TPSA) is 83.7 Å². The van der Waals surface area contributed by atoms with E-state index in [2.05, 4.69) is 14.9 Å².